The summed E-state index contributed by atoms with van der Waals surface area (Å²) in [6, 6.07) is 0. The van der Waals surface area contributed by atoms with Gasteiger partial charge < -0.3 is 4.74 Å². The largest absolute Gasteiger partial charge is 0.490 e. The van der Waals surface area contributed by atoms with Crippen LogP contribution >= 0.6 is 0 Å². The fraction of sp³-hybridized carbons (Fsp3) is 0.500. The van der Waals surface area contributed by atoms with Gasteiger partial charge in [-0.15, -0.1) is 0 Å². The molecule has 0 amide bonds. The number of halogens is 3. The lowest BCUT2D eigenvalue weighted by molar-refractivity contribution is -0.114. The molecule has 5 heteroatoms. The predicted octanol–water partition coefficient (Wildman–Crippen LogP) is 1.42. The number of hydrogen-bond donors (Lipinski definition) is 0. The molecule has 62 valence electrons. The van der Waals surface area contributed by atoms with E-state index in [2.05, 4.69) is 4.74 Å². The van der Waals surface area contributed by atoms with Crippen LogP contribution in [0.5, 0.6) is 0 Å². The Labute approximate surface area is 60.6 Å². The number of alkyl halides is 3. The lowest BCUT2D eigenvalue weighted by Gasteiger charge is -2.04. The van der Waals surface area contributed by atoms with Crippen LogP contribution in [0, 0.1) is 0 Å². The standard InChI is InChI=1S/C6H5F3O2/c7-6(8,9)4-1-5(2-10)11-3-4/h2-3,5H,1H2. The van der Waals surface area contributed by atoms with Gasteiger partial charge in [-0.25, -0.2) is 0 Å². The highest BCUT2D eigenvalue weighted by Crippen LogP contribution is 2.32. The number of aldehydes is 1. The van der Waals surface area contributed by atoms with Crippen molar-refractivity contribution in [2.75, 3.05) is 0 Å². The summed E-state index contributed by atoms with van der Waals surface area (Å²) in [6.45, 7) is 0. The third-order valence-corrected chi connectivity index (χ3v) is 1.32. The molecule has 0 aromatic heterocycles. The van der Waals surface area contributed by atoms with Crippen LogP contribution < -0.4 is 0 Å². The van der Waals surface area contributed by atoms with Crippen molar-refractivity contribution in [1.29, 1.82) is 0 Å². The van der Waals surface area contributed by atoms with Crippen LogP contribution in [0.15, 0.2) is 11.8 Å². The van der Waals surface area contributed by atoms with Crippen LogP contribution in [-0.2, 0) is 9.53 Å². The first-order valence-electron chi connectivity index (χ1n) is 2.91. The van der Waals surface area contributed by atoms with Gasteiger partial charge in [-0.3, -0.25) is 4.79 Å². The van der Waals surface area contributed by atoms with Crippen LogP contribution in [0.1, 0.15) is 6.42 Å². The van der Waals surface area contributed by atoms with Crippen molar-refractivity contribution in [2.24, 2.45) is 0 Å². The molecule has 2 nitrogen and oxygen atoms in total. The van der Waals surface area contributed by atoms with E-state index in [0.717, 1.165) is 0 Å². The Morgan fingerprint density at radius 1 is 1.64 bits per heavy atom. The van der Waals surface area contributed by atoms with Crippen molar-refractivity contribution >= 4 is 6.29 Å². The molecule has 0 fully saturated rings. The number of carbonyl (C=O) groups is 1. The molecule has 0 N–H and O–H groups in total. The molecule has 0 saturated heterocycles. The van der Waals surface area contributed by atoms with E-state index in [1.54, 1.807) is 0 Å². The number of rotatable bonds is 1. The van der Waals surface area contributed by atoms with Crippen molar-refractivity contribution in [2.45, 2.75) is 18.7 Å². The second-order valence-corrected chi connectivity index (χ2v) is 2.16. The average molecular weight is 166 g/mol. The number of hydrogen-bond acceptors (Lipinski definition) is 2. The smallest absolute Gasteiger partial charge is 0.415 e. The molecule has 0 bridgehead atoms. The van der Waals surface area contributed by atoms with E-state index in [1.165, 1.54) is 0 Å². The molecule has 1 unspecified atom stereocenters. The Morgan fingerprint density at radius 2 is 2.27 bits per heavy atom. The average Bonchev–Trinajstić information content (AvgIpc) is 2.32. The Morgan fingerprint density at radius 3 is 2.55 bits per heavy atom. The van der Waals surface area contributed by atoms with Gasteiger partial charge in [-0.1, -0.05) is 0 Å². The molecule has 0 spiro atoms. The van der Waals surface area contributed by atoms with Gasteiger partial charge in [0, 0.05) is 6.42 Å². The summed E-state index contributed by atoms with van der Waals surface area (Å²) in [6.07, 6.45) is -4.73. The number of ether oxygens (including phenoxy) is 1. The van der Waals surface area contributed by atoms with Gasteiger partial charge >= 0.3 is 6.18 Å². The zero-order valence-electron chi connectivity index (χ0n) is 5.39. The van der Waals surface area contributed by atoms with Crippen LogP contribution in [0.3, 0.4) is 0 Å². The van der Waals surface area contributed by atoms with E-state index in [0.29, 0.717) is 12.5 Å². The molecule has 1 atom stereocenters. The third-order valence-electron chi connectivity index (χ3n) is 1.32. The summed E-state index contributed by atoms with van der Waals surface area (Å²) >= 11 is 0. The quantitative estimate of drug-likeness (QED) is 0.550. The van der Waals surface area contributed by atoms with Gasteiger partial charge in [0.15, 0.2) is 12.4 Å². The lowest BCUT2D eigenvalue weighted by Crippen LogP contribution is -2.13. The minimum Gasteiger partial charge on any atom is -0.490 e. The van der Waals surface area contributed by atoms with Crippen molar-refractivity contribution < 1.29 is 22.7 Å². The first-order valence-corrected chi connectivity index (χ1v) is 2.91. The molecule has 1 rings (SSSR count). The van der Waals surface area contributed by atoms with Gasteiger partial charge in [-0.05, 0) is 0 Å². The van der Waals surface area contributed by atoms with Gasteiger partial charge in [-0.2, -0.15) is 13.2 Å². The van der Waals surface area contributed by atoms with E-state index >= 15 is 0 Å². The fourth-order valence-corrected chi connectivity index (χ4v) is 0.745. The van der Waals surface area contributed by atoms with E-state index in [9.17, 15) is 18.0 Å². The Hall–Kier alpha value is -1.00. The molecular formula is C6H5F3O2. The summed E-state index contributed by atoms with van der Waals surface area (Å²) in [5.74, 6) is 0. The maximum Gasteiger partial charge on any atom is 0.415 e. The Kier molecular flexibility index (Phi) is 1.89. The molecule has 0 aromatic carbocycles. The molecule has 1 heterocycles. The first kappa shape index (κ1) is 8.10. The summed E-state index contributed by atoms with van der Waals surface area (Å²) in [5, 5.41) is 0. The topological polar surface area (TPSA) is 26.3 Å². The Bertz CT molecular complexity index is 194. The first-order chi connectivity index (χ1) is 5.04. The van der Waals surface area contributed by atoms with Crippen molar-refractivity contribution in [1.82, 2.24) is 0 Å². The fourth-order valence-electron chi connectivity index (χ4n) is 0.745. The predicted molar refractivity (Wildman–Crippen MR) is 29.7 cm³/mol. The summed E-state index contributed by atoms with van der Waals surface area (Å²) < 4.78 is 39.8. The van der Waals surface area contributed by atoms with Gasteiger partial charge in [0.25, 0.3) is 0 Å². The van der Waals surface area contributed by atoms with E-state index in [4.69, 9.17) is 0 Å². The zero-order chi connectivity index (χ0) is 8.48. The van der Waals surface area contributed by atoms with E-state index < -0.39 is 17.9 Å². The number of carbonyl (C=O) groups excluding carboxylic acids is 1. The van der Waals surface area contributed by atoms with E-state index in [1.807, 2.05) is 0 Å². The van der Waals surface area contributed by atoms with Crippen LogP contribution in [0.25, 0.3) is 0 Å². The molecular weight excluding hydrogens is 161 g/mol. The molecule has 0 aliphatic carbocycles. The highest BCUT2D eigenvalue weighted by Gasteiger charge is 2.38. The van der Waals surface area contributed by atoms with Crippen LogP contribution in [-0.4, -0.2) is 18.6 Å². The Balaban J connectivity index is 2.59. The molecule has 11 heavy (non-hydrogen) atoms. The SMILES string of the molecule is O=CC1CC(C(F)(F)F)=CO1. The summed E-state index contributed by atoms with van der Waals surface area (Å²) in [5.41, 5.74) is -0.783. The second-order valence-electron chi connectivity index (χ2n) is 2.16. The van der Waals surface area contributed by atoms with Gasteiger partial charge in [0.1, 0.15) is 0 Å². The molecule has 1 aliphatic rings. The normalized spacial score (nSPS) is 24.3. The van der Waals surface area contributed by atoms with E-state index in [-0.39, 0.29) is 6.42 Å². The third kappa shape index (κ3) is 1.72. The zero-order valence-corrected chi connectivity index (χ0v) is 5.39. The molecule has 0 aromatic rings. The van der Waals surface area contributed by atoms with Crippen LogP contribution in [0.4, 0.5) is 13.2 Å². The molecule has 1 aliphatic heterocycles. The van der Waals surface area contributed by atoms with Crippen molar-refractivity contribution in [3.05, 3.63) is 11.8 Å². The summed E-state index contributed by atoms with van der Waals surface area (Å²) in [7, 11) is 0. The maximum atomic E-state index is 11.8. The van der Waals surface area contributed by atoms with Crippen LogP contribution in [0.2, 0.25) is 0 Å². The van der Waals surface area contributed by atoms with Gasteiger partial charge in [0.2, 0.25) is 0 Å². The van der Waals surface area contributed by atoms with Crippen molar-refractivity contribution in [3.63, 3.8) is 0 Å². The van der Waals surface area contributed by atoms with Crippen molar-refractivity contribution in [3.8, 4) is 0 Å². The highest BCUT2D eigenvalue weighted by atomic mass is 19.4. The second kappa shape index (κ2) is 2.56. The molecule has 0 saturated carbocycles. The minimum absolute atomic E-state index is 0.356. The molecule has 0 radical (unpaired) electrons. The highest BCUT2D eigenvalue weighted by molar-refractivity contribution is 5.58. The maximum absolute atomic E-state index is 11.8. The minimum atomic E-state index is -4.36. The monoisotopic (exact) mass is 166 g/mol. The lowest BCUT2D eigenvalue weighted by atomic mass is 10.1. The summed E-state index contributed by atoms with van der Waals surface area (Å²) in [4.78, 5) is 9.95. The van der Waals surface area contributed by atoms with Gasteiger partial charge in [0.05, 0.1) is 11.8 Å².